The van der Waals surface area contributed by atoms with Crippen molar-refractivity contribution in [3.05, 3.63) is 84.0 Å². The van der Waals surface area contributed by atoms with Crippen LogP contribution in [0.1, 0.15) is 46.8 Å². The Labute approximate surface area is 186 Å². The Morgan fingerprint density at radius 1 is 1.19 bits per heavy atom. The van der Waals surface area contributed by atoms with Crippen molar-refractivity contribution in [3.8, 4) is 11.1 Å². The quantitative estimate of drug-likeness (QED) is 0.382. The van der Waals surface area contributed by atoms with Gasteiger partial charge in [-0.25, -0.2) is 18.9 Å². The zero-order chi connectivity index (χ0) is 22.9. The van der Waals surface area contributed by atoms with Crippen molar-refractivity contribution < 1.29 is 18.7 Å². The molecular weight excluding hydrogens is 412 g/mol. The molecule has 32 heavy (non-hydrogen) atoms. The number of aromatic nitrogens is 3. The van der Waals surface area contributed by atoms with Crippen LogP contribution in [0.5, 0.6) is 0 Å². The van der Waals surface area contributed by atoms with Crippen LogP contribution in [0.2, 0.25) is 0 Å². The zero-order valence-electron chi connectivity index (χ0n) is 17.9. The molecule has 1 heterocycles. The number of halogens is 2. The minimum atomic E-state index is -1.16. The molecule has 2 aromatic carbocycles. The van der Waals surface area contributed by atoms with E-state index in [0.29, 0.717) is 30.8 Å². The zero-order valence-corrected chi connectivity index (χ0v) is 17.9. The molecule has 0 saturated heterocycles. The third-order valence-electron chi connectivity index (χ3n) is 5.18. The number of carboxylic acids is 1. The van der Waals surface area contributed by atoms with Crippen molar-refractivity contribution in [2.24, 2.45) is 0 Å². The second kappa shape index (κ2) is 11.3. The van der Waals surface area contributed by atoms with E-state index in [1.54, 1.807) is 29.0 Å². The van der Waals surface area contributed by atoms with Gasteiger partial charge in [0.2, 0.25) is 0 Å². The topological polar surface area (TPSA) is 68.0 Å². The van der Waals surface area contributed by atoms with Gasteiger partial charge in [-0.05, 0) is 42.0 Å². The molecule has 1 N–H and O–H groups in total. The lowest BCUT2D eigenvalue weighted by atomic mass is 9.98. The summed E-state index contributed by atoms with van der Waals surface area (Å²) >= 11 is 0. The molecule has 0 aliphatic heterocycles. The van der Waals surface area contributed by atoms with E-state index >= 15 is 0 Å². The van der Waals surface area contributed by atoms with Crippen LogP contribution < -0.4 is 0 Å². The predicted molar refractivity (Wildman–Crippen MR) is 120 cm³/mol. The van der Waals surface area contributed by atoms with Crippen LogP contribution in [0.3, 0.4) is 0 Å². The number of aromatic carboxylic acids is 1. The monoisotopic (exact) mass is 439 g/mol. The van der Waals surface area contributed by atoms with Gasteiger partial charge in [0.05, 0.1) is 12.2 Å². The first-order chi connectivity index (χ1) is 15.5. The Morgan fingerprint density at radius 3 is 2.62 bits per heavy atom. The summed E-state index contributed by atoms with van der Waals surface area (Å²) in [6.07, 6.45) is 2.27. The molecule has 5 nitrogen and oxygen atoms in total. The van der Waals surface area contributed by atoms with Crippen molar-refractivity contribution in [1.29, 1.82) is 0 Å². The van der Waals surface area contributed by atoms with E-state index in [0.717, 1.165) is 17.0 Å². The van der Waals surface area contributed by atoms with Gasteiger partial charge in [-0.2, -0.15) is 5.10 Å². The molecule has 0 saturated carbocycles. The number of hydrogen-bond donors (Lipinski definition) is 1. The summed E-state index contributed by atoms with van der Waals surface area (Å²) in [5.41, 5.74) is 2.70. The van der Waals surface area contributed by atoms with Crippen molar-refractivity contribution in [2.75, 3.05) is 6.67 Å². The maximum absolute atomic E-state index is 14.1. The second-order valence-corrected chi connectivity index (χ2v) is 7.60. The Bertz CT molecular complexity index is 1050. The molecule has 168 valence electrons. The Kier molecular flexibility index (Phi) is 8.25. The number of aryl methyl sites for hydroxylation is 1. The number of allylic oxidation sites excluding steroid dienone is 1. The van der Waals surface area contributed by atoms with Gasteiger partial charge in [0.25, 0.3) is 0 Å². The molecule has 0 fully saturated rings. The molecule has 0 bridgehead atoms. The molecule has 0 radical (unpaired) electrons. The number of hydrogen-bond acceptors (Lipinski definition) is 3. The number of rotatable bonds is 12. The van der Waals surface area contributed by atoms with Gasteiger partial charge in [-0.15, -0.1) is 6.58 Å². The molecule has 0 aliphatic rings. The number of carboxylic acid groups (broad SMARTS) is 1. The first kappa shape index (κ1) is 23.3. The Balaban J connectivity index is 1.78. The van der Waals surface area contributed by atoms with Crippen LogP contribution in [-0.4, -0.2) is 38.7 Å². The van der Waals surface area contributed by atoms with Gasteiger partial charge in [0.15, 0.2) is 5.82 Å². The normalized spacial score (nSPS) is 11.9. The summed E-state index contributed by atoms with van der Waals surface area (Å²) < 4.78 is 28.1. The maximum atomic E-state index is 14.1. The molecular formula is C25H27F2N3O2. The molecule has 1 aromatic heterocycles. The van der Waals surface area contributed by atoms with Gasteiger partial charge in [0.1, 0.15) is 12.0 Å². The van der Waals surface area contributed by atoms with E-state index in [1.165, 1.54) is 0 Å². The molecule has 1 unspecified atom stereocenters. The number of alkyl halides is 2. The van der Waals surface area contributed by atoms with Crippen LogP contribution in [0.25, 0.3) is 11.1 Å². The molecule has 0 spiro atoms. The van der Waals surface area contributed by atoms with Gasteiger partial charge >= 0.3 is 5.97 Å². The average molecular weight is 440 g/mol. The maximum Gasteiger partial charge on any atom is 0.336 e. The smallest absolute Gasteiger partial charge is 0.336 e. The largest absolute Gasteiger partial charge is 0.478 e. The minimum Gasteiger partial charge on any atom is -0.478 e. The summed E-state index contributed by atoms with van der Waals surface area (Å²) in [5.74, 6) is 0.172. The van der Waals surface area contributed by atoms with E-state index in [-0.39, 0.29) is 24.8 Å². The van der Waals surface area contributed by atoms with E-state index < -0.39 is 18.8 Å². The first-order valence-corrected chi connectivity index (χ1v) is 10.7. The summed E-state index contributed by atoms with van der Waals surface area (Å²) in [4.78, 5) is 16.0. The molecule has 0 amide bonds. The lowest BCUT2D eigenvalue weighted by molar-refractivity contribution is 0.0697. The lowest BCUT2D eigenvalue weighted by Gasteiger charge is -2.08. The van der Waals surface area contributed by atoms with Crippen LogP contribution in [0, 0.1) is 0 Å². The Morgan fingerprint density at radius 2 is 1.94 bits per heavy atom. The lowest BCUT2D eigenvalue weighted by Crippen LogP contribution is -2.08. The van der Waals surface area contributed by atoms with Crippen LogP contribution in [0.4, 0.5) is 8.78 Å². The van der Waals surface area contributed by atoms with E-state index in [4.69, 9.17) is 0 Å². The summed E-state index contributed by atoms with van der Waals surface area (Å²) in [6, 6.07) is 14.5. The van der Waals surface area contributed by atoms with Gasteiger partial charge < -0.3 is 5.11 Å². The highest BCUT2D eigenvalue weighted by molar-refractivity contribution is 5.95. The molecule has 3 rings (SSSR count). The first-order valence-electron chi connectivity index (χ1n) is 10.7. The fraction of sp³-hybridized carbons (Fsp3) is 0.320. The van der Waals surface area contributed by atoms with Crippen molar-refractivity contribution in [3.63, 3.8) is 0 Å². The highest BCUT2D eigenvalue weighted by Gasteiger charge is 2.16. The average Bonchev–Trinajstić information content (AvgIpc) is 3.17. The second-order valence-electron chi connectivity index (χ2n) is 7.60. The summed E-state index contributed by atoms with van der Waals surface area (Å²) in [7, 11) is 0. The van der Waals surface area contributed by atoms with Crippen molar-refractivity contribution in [2.45, 2.75) is 44.8 Å². The standard InChI is InChI=1S/C25H27F2N3O2/c1-2-3-15-30-24(28-23(29-30)17-20(27)7-6-14-26)16-18-10-12-19(13-11-18)21-8-4-5-9-22(21)25(31)32/h2,4-5,8-13,20H,1,3,6-7,14-17H2,(H,31,32). The van der Waals surface area contributed by atoms with Gasteiger partial charge in [-0.1, -0.05) is 48.5 Å². The molecule has 0 aliphatic carbocycles. The van der Waals surface area contributed by atoms with Crippen molar-refractivity contribution in [1.82, 2.24) is 14.8 Å². The summed E-state index contributed by atoms with van der Waals surface area (Å²) in [6.45, 7) is 3.80. The van der Waals surface area contributed by atoms with Crippen LogP contribution in [0.15, 0.2) is 61.2 Å². The molecule has 1 atom stereocenters. The third kappa shape index (κ3) is 6.09. The molecule has 7 heteroatoms. The van der Waals surface area contributed by atoms with Crippen molar-refractivity contribution >= 4 is 5.97 Å². The van der Waals surface area contributed by atoms with Gasteiger partial charge in [-0.3, -0.25) is 4.39 Å². The fourth-order valence-electron chi connectivity index (χ4n) is 3.54. The molecule has 3 aromatic rings. The highest BCUT2D eigenvalue weighted by atomic mass is 19.1. The number of nitrogens with zero attached hydrogens (tertiary/aromatic N) is 3. The van der Waals surface area contributed by atoms with Gasteiger partial charge in [0, 0.05) is 19.4 Å². The summed E-state index contributed by atoms with van der Waals surface area (Å²) in [5, 5.41) is 13.9. The van der Waals surface area contributed by atoms with E-state index in [2.05, 4.69) is 16.7 Å². The fourth-order valence-corrected chi connectivity index (χ4v) is 3.54. The third-order valence-corrected chi connectivity index (χ3v) is 5.18. The SMILES string of the molecule is C=CCCn1nc(CC(F)CCCF)nc1Cc1ccc(-c2ccccc2C(=O)O)cc1. The van der Waals surface area contributed by atoms with E-state index in [1.807, 2.05) is 30.3 Å². The van der Waals surface area contributed by atoms with Crippen LogP contribution in [-0.2, 0) is 19.4 Å². The highest BCUT2D eigenvalue weighted by Crippen LogP contribution is 2.25. The predicted octanol–water partition coefficient (Wildman–Crippen LogP) is 5.44. The number of benzene rings is 2. The minimum absolute atomic E-state index is 0.0685. The Hall–Kier alpha value is -3.35. The van der Waals surface area contributed by atoms with E-state index in [9.17, 15) is 18.7 Å². The number of carbonyl (C=O) groups is 1. The van der Waals surface area contributed by atoms with Crippen LogP contribution >= 0.6 is 0 Å².